The van der Waals surface area contributed by atoms with E-state index >= 15 is 0 Å². The van der Waals surface area contributed by atoms with E-state index in [9.17, 15) is 18.8 Å². The summed E-state index contributed by atoms with van der Waals surface area (Å²) in [5, 5.41) is 7.87. The second-order valence-corrected chi connectivity index (χ2v) is 10.3. The summed E-state index contributed by atoms with van der Waals surface area (Å²) in [6.45, 7) is 0.455. The van der Waals surface area contributed by atoms with Gasteiger partial charge in [0.2, 0.25) is 11.8 Å². The highest BCUT2D eigenvalue weighted by atomic mass is 32.2. The van der Waals surface area contributed by atoms with E-state index in [-0.39, 0.29) is 36.3 Å². The summed E-state index contributed by atoms with van der Waals surface area (Å²) in [6.07, 6.45) is 0.425. The molecule has 2 aliphatic rings. The maximum atomic E-state index is 13.3. The molecule has 3 heterocycles. The Bertz CT molecular complexity index is 1390. The molecule has 2 aliphatic heterocycles. The number of thioether (sulfide) groups is 1. The number of fused-ring (bicyclic) bond motifs is 3. The largest absolute Gasteiger partial charge is 0.351 e. The molecule has 0 saturated carbocycles. The molecule has 0 spiro atoms. The first-order valence-corrected chi connectivity index (χ1v) is 13.4. The zero-order valence-corrected chi connectivity index (χ0v) is 21.2. The lowest BCUT2D eigenvalue weighted by Gasteiger charge is -2.25. The van der Waals surface area contributed by atoms with Crippen molar-refractivity contribution in [2.75, 3.05) is 11.1 Å². The molecule has 8 nitrogen and oxygen atoms in total. The number of amidine groups is 2. The summed E-state index contributed by atoms with van der Waals surface area (Å²) in [5.41, 5.74) is 1.85. The van der Waals surface area contributed by atoms with Crippen molar-refractivity contribution in [2.45, 2.75) is 25.4 Å². The number of benzene rings is 2. The fourth-order valence-corrected chi connectivity index (χ4v) is 5.35. The van der Waals surface area contributed by atoms with Gasteiger partial charge < -0.3 is 10.6 Å². The van der Waals surface area contributed by atoms with E-state index in [0.29, 0.717) is 28.9 Å². The van der Waals surface area contributed by atoms with Gasteiger partial charge >= 0.3 is 0 Å². The van der Waals surface area contributed by atoms with Gasteiger partial charge in [-0.25, -0.2) is 14.3 Å². The molecular formula is C26H22FN5O3S2. The summed E-state index contributed by atoms with van der Waals surface area (Å²) in [7, 11) is 0. The van der Waals surface area contributed by atoms with E-state index in [1.54, 1.807) is 11.3 Å². The maximum Gasteiger partial charge on any atom is 0.259 e. The average Bonchev–Trinajstić information content (AvgIpc) is 3.54. The number of hydrogen-bond donors (Lipinski definition) is 2. The van der Waals surface area contributed by atoms with Crippen LogP contribution in [0.1, 0.15) is 23.3 Å². The second kappa shape index (κ2) is 11.1. The van der Waals surface area contributed by atoms with Crippen LogP contribution in [0, 0.1) is 5.82 Å². The molecule has 5 rings (SSSR count). The number of thiophene rings is 1. The molecule has 0 radical (unpaired) electrons. The number of carbonyl (C=O) groups excluding carboxylic acids is 3. The van der Waals surface area contributed by atoms with Gasteiger partial charge in [-0.2, -0.15) is 0 Å². The average molecular weight is 536 g/mol. The molecular weight excluding hydrogens is 513 g/mol. The van der Waals surface area contributed by atoms with Gasteiger partial charge in [0.1, 0.15) is 17.7 Å². The van der Waals surface area contributed by atoms with Crippen molar-refractivity contribution in [3.05, 3.63) is 82.3 Å². The Balaban J connectivity index is 1.25. The normalized spacial score (nSPS) is 16.0. The van der Waals surface area contributed by atoms with E-state index in [0.717, 1.165) is 22.2 Å². The van der Waals surface area contributed by atoms with Gasteiger partial charge in [0.05, 0.1) is 18.0 Å². The van der Waals surface area contributed by atoms with Crippen LogP contribution in [0.2, 0.25) is 0 Å². The Morgan fingerprint density at radius 1 is 1.05 bits per heavy atom. The van der Waals surface area contributed by atoms with E-state index < -0.39 is 11.9 Å². The second-order valence-electron chi connectivity index (χ2n) is 8.29. The lowest BCUT2D eigenvalue weighted by Crippen LogP contribution is -2.41. The third-order valence-corrected chi connectivity index (χ3v) is 7.51. The van der Waals surface area contributed by atoms with Gasteiger partial charge in [-0.1, -0.05) is 30.0 Å². The number of para-hydroxylation sites is 1. The Labute approximate surface area is 220 Å². The standard InChI is InChI=1S/C26H22FN5O3S2/c27-16-7-9-17(10-8-16)29-23(34)15-37-26-31-20-6-2-1-5-19(20)24-30-21(25(35)32(24)26)11-12-22(33)28-14-18-4-3-13-36-18/h1-10,13,21H,11-12,14-15H2,(H,28,33)(H,29,34)/t21-/m1/s1. The first-order valence-electron chi connectivity index (χ1n) is 11.5. The Morgan fingerprint density at radius 3 is 2.65 bits per heavy atom. The van der Waals surface area contributed by atoms with Crippen molar-refractivity contribution < 1.29 is 18.8 Å². The number of anilines is 1. The minimum atomic E-state index is -0.715. The van der Waals surface area contributed by atoms with E-state index in [4.69, 9.17) is 0 Å². The van der Waals surface area contributed by atoms with E-state index in [1.165, 1.54) is 29.2 Å². The summed E-state index contributed by atoms with van der Waals surface area (Å²) in [5.74, 6) is -0.668. The number of carbonyl (C=O) groups is 3. The molecule has 2 aromatic carbocycles. The molecule has 1 aromatic heterocycles. The van der Waals surface area contributed by atoms with Gasteiger partial charge in [0.15, 0.2) is 5.17 Å². The molecule has 1 atom stereocenters. The fourth-order valence-electron chi connectivity index (χ4n) is 3.90. The minimum absolute atomic E-state index is 0.00870. The summed E-state index contributed by atoms with van der Waals surface area (Å²) in [4.78, 5) is 49.9. The summed E-state index contributed by atoms with van der Waals surface area (Å²) in [6, 6.07) is 16.0. The van der Waals surface area contributed by atoms with Crippen molar-refractivity contribution in [3.8, 4) is 0 Å². The summed E-state index contributed by atoms with van der Waals surface area (Å²) < 4.78 is 13.1. The minimum Gasteiger partial charge on any atom is -0.351 e. The van der Waals surface area contributed by atoms with E-state index in [1.807, 2.05) is 41.8 Å². The molecule has 3 aromatic rings. The predicted molar refractivity (Wildman–Crippen MR) is 144 cm³/mol. The molecule has 0 unspecified atom stereocenters. The van der Waals surface area contributed by atoms with Crippen LogP contribution in [0.25, 0.3) is 0 Å². The monoisotopic (exact) mass is 535 g/mol. The number of nitrogens with one attached hydrogen (secondary N) is 2. The highest BCUT2D eigenvalue weighted by Gasteiger charge is 2.41. The number of nitrogens with zero attached hydrogens (tertiary/aromatic N) is 3. The van der Waals surface area contributed by atoms with Crippen molar-refractivity contribution in [1.82, 2.24) is 10.2 Å². The maximum absolute atomic E-state index is 13.3. The van der Waals surface area contributed by atoms with Gasteiger partial charge in [0, 0.05) is 22.5 Å². The zero-order chi connectivity index (χ0) is 25.8. The fraction of sp³-hybridized carbons (Fsp3) is 0.192. The molecule has 3 amide bonds. The van der Waals surface area contributed by atoms with Crippen LogP contribution in [-0.4, -0.2) is 45.4 Å². The van der Waals surface area contributed by atoms with Crippen molar-refractivity contribution in [1.29, 1.82) is 0 Å². The highest BCUT2D eigenvalue weighted by Crippen LogP contribution is 2.34. The van der Waals surface area contributed by atoms with Crippen LogP contribution in [0.3, 0.4) is 0 Å². The third-order valence-electron chi connectivity index (χ3n) is 5.69. The van der Waals surface area contributed by atoms with Gasteiger partial charge in [-0.15, -0.1) is 11.3 Å². The van der Waals surface area contributed by atoms with Crippen LogP contribution in [0.15, 0.2) is 76.0 Å². The van der Waals surface area contributed by atoms with Crippen molar-refractivity contribution >= 4 is 63.2 Å². The number of halogens is 1. The Morgan fingerprint density at radius 2 is 1.86 bits per heavy atom. The van der Waals surface area contributed by atoms with Crippen LogP contribution in [-0.2, 0) is 20.9 Å². The first-order chi connectivity index (χ1) is 18.0. The number of aliphatic imine (C=N–C) groups is 2. The predicted octanol–water partition coefficient (Wildman–Crippen LogP) is 4.31. The van der Waals surface area contributed by atoms with E-state index in [2.05, 4.69) is 20.6 Å². The van der Waals surface area contributed by atoms with Crippen LogP contribution < -0.4 is 10.6 Å². The van der Waals surface area contributed by atoms with Gasteiger partial charge in [0.25, 0.3) is 5.91 Å². The lowest BCUT2D eigenvalue weighted by atomic mass is 10.1. The van der Waals surface area contributed by atoms with Crippen molar-refractivity contribution in [3.63, 3.8) is 0 Å². The lowest BCUT2D eigenvalue weighted by molar-refractivity contribution is -0.125. The van der Waals surface area contributed by atoms with Crippen molar-refractivity contribution in [2.24, 2.45) is 9.98 Å². The summed E-state index contributed by atoms with van der Waals surface area (Å²) >= 11 is 2.68. The zero-order valence-electron chi connectivity index (χ0n) is 19.5. The topological polar surface area (TPSA) is 103 Å². The molecule has 188 valence electrons. The number of hydrogen-bond acceptors (Lipinski definition) is 7. The molecule has 0 aliphatic carbocycles. The molecule has 0 bridgehead atoms. The highest BCUT2D eigenvalue weighted by molar-refractivity contribution is 8.14. The van der Waals surface area contributed by atoms with Crippen LogP contribution in [0.4, 0.5) is 15.8 Å². The first kappa shape index (κ1) is 24.8. The van der Waals surface area contributed by atoms with Gasteiger partial charge in [-0.3, -0.25) is 19.4 Å². The molecule has 0 fully saturated rings. The Hall–Kier alpha value is -3.83. The molecule has 2 N–H and O–H groups in total. The molecule has 11 heteroatoms. The molecule has 0 saturated heterocycles. The number of rotatable bonds is 8. The smallest absolute Gasteiger partial charge is 0.259 e. The van der Waals surface area contributed by atoms with Crippen LogP contribution >= 0.6 is 23.1 Å². The molecule has 37 heavy (non-hydrogen) atoms. The van der Waals surface area contributed by atoms with Gasteiger partial charge in [-0.05, 0) is 54.3 Å². The third kappa shape index (κ3) is 5.78. The number of amides is 3. The Kier molecular flexibility index (Phi) is 7.42. The van der Waals surface area contributed by atoms with Crippen LogP contribution in [0.5, 0.6) is 0 Å². The SMILES string of the molecule is O=C(CC[C@H]1N=C2c3ccccc3N=C(SCC(=O)Nc3ccc(F)cc3)N2C1=O)NCc1cccs1. The quantitative estimate of drug-likeness (QED) is 0.449.